The van der Waals surface area contributed by atoms with Crippen LogP contribution in [0.5, 0.6) is 11.5 Å². The third-order valence-electron chi connectivity index (χ3n) is 3.10. The maximum Gasteiger partial charge on any atom is 0.573 e. The van der Waals surface area contributed by atoms with Crippen molar-refractivity contribution in [3.8, 4) is 11.5 Å². The summed E-state index contributed by atoms with van der Waals surface area (Å²) in [5.74, 6) is -0.716. The molecule has 6 nitrogen and oxygen atoms in total. The normalized spacial score (nSPS) is 12.7. The molecule has 0 aliphatic heterocycles. The molecule has 2 aromatic carbocycles. The van der Waals surface area contributed by atoms with Gasteiger partial charge in [-0.3, -0.25) is 10.1 Å². The summed E-state index contributed by atoms with van der Waals surface area (Å²) in [4.78, 5) is 10.2. The van der Waals surface area contributed by atoms with Gasteiger partial charge in [-0.2, -0.15) is 0 Å². The Morgan fingerprint density at radius 3 is 2.33 bits per heavy atom. The summed E-state index contributed by atoms with van der Waals surface area (Å²) in [7, 11) is 0. The molecule has 0 bridgehead atoms. The first-order valence-corrected chi connectivity index (χ1v) is 7.16. The molecule has 0 saturated carbocycles. The number of phenolic OH excluding ortho intramolecular Hbond substituents is 1. The fourth-order valence-corrected chi connectivity index (χ4v) is 2.47. The second-order valence-electron chi connectivity index (χ2n) is 4.72. The summed E-state index contributed by atoms with van der Waals surface area (Å²) in [6.45, 7) is 0. The largest absolute Gasteiger partial charge is 0.573 e. The van der Waals surface area contributed by atoms with Crippen molar-refractivity contribution in [3.05, 3.63) is 62.1 Å². The van der Waals surface area contributed by atoms with Gasteiger partial charge in [0.1, 0.15) is 11.5 Å². The molecule has 0 amide bonds. The van der Waals surface area contributed by atoms with E-state index in [0.717, 1.165) is 24.3 Å². The number of hydrogen-bond donors (Lipinski definition) is 2. The van der Waals surface area contributed by atoms with Crippen molar-refractivity contribution in [2.45, 2.75) is 12.4 Å². The third-order valence-corrected chi connectivity index (χ3v) is 3.70. The van der Waals surface area contributed by atoms with Crippen LogP contribution in [0.2, 0.25) is 0 Å². The van der Waals surface area contributed by atoms with Crippen LogP contribution in [0.25, 0.3) is 0 Å². The number of alkyl halides is 3. The lowest BCUT2D eigenvalue weighted by Crippen LogP contribution is -2.17. The fourth-order valence-electron chi connectivity index (χ4n) is 2.00. The van der Waals surface area contributed by atoms with Crippen LogP contribution >= 0.6 is 15.9 Å². The summed E-state index contributed by atoms with van der Waals surface area (Å²) >= 11 is 3.00. The van der Waals surface area contributed by atoms with Crippen LogP contribution in [0.15, 0.2) is 40.9 Å². The van der Waals surface area contributed by atoms with E-state index in [1.54, 1.807) is 0 Å². The maximum absolute atomic E-state index is 12.1. The lowest BCUT2D eigenvalue weighted by Gasteiger charge is -2.16. The van der Waals surface area contributed by atoms with E-state index in [2.05, 4.69) is 20.7 Å². The Morgan fingerprint density at radius 2 is 1.83 bits per heavy atom. The number of nitrogens with zero attached hydrogens (tertiary/aromatic N) is 1. The Balaban J connectivity index is 2.35. The number of nitro benzene ring substituents is 1. The van der Waals surface area contributed by atoms with E-state index < -0.39 is 23.1 Å². The number of phenols is 1. The SMILES string of the molecule is N[C@@H](c1ccc(OC(F)(F)F)cc1)c1cc([N+](=O)[O-])cc(Br)c1O. The molecule has 128 valence electrons. The van der Waals surface area contributed by atoms with Crippen LogP contribution in [-0.2, 0) is 0 Å². The Morgan fingerprint density at radius 1 is 1.25 bits per heavy atom. The van der Waals surface area contributed by atoms with E-state index in [4.69, 9.17) is 5.73 Å². The number of halogens is 4. The molecule has 0 spiro atoms. The van der Waals surface area contributed by atoms with E-state index in [0.29, 0.717) is 5.56 Å². The van der Waals surface area contributed by atoms with Gasteiger partial charge in [-0.05, 0) is 33.6 Å². The molecule has 0 radical (unpaired) electrons. The highest BCUT2D eigenvalue weighted by Gasteiger charge is 2.31. The number of benzene rings is 2. The average Bonchev–Trinajstić information content (AvgIpc) is 2.48. The number of ether oxygens (including phenoxy) is 1. The van der Waals surface area contributed by atoms with E-state index in [1.165, 1.54) is 12.1 Å². The van der Waals surface area contributed by atoms with Gasteiger partial charge >= 0.3 is 6.36 Å². The van der Waals surface area contributed by atoms with Crippen molar-refractivity contribution in [2.24, 2.45) is 5.73 Å². The van der Waals surface area contributed by atoms with Gasteiger partial charge in [0.15, 0.2) is 0 Å². The van der Waals surface area contributed by atoms with Gasteiger partial charge in [0.2, 0.25) is 0 Å². The highest BCUT2D eigenvalue weighted by atomic mass is 79.9. The third kappa shape index (κ3) is 4.15. The summed E-state index contributed by atoms with van der Waals surface area (Å²) in [5, 5.41) is 20.9. The minimum Gasteiger partial charge on any atom is -0.506 e. The minimum atomic E-state index is -4.81. The van der Waals surface area contributed by atoms with Crippen LogP contribution in [0, 0.1) is 10.1 Å². The Kier molecular flexibility index (Phi) is 4.99. The standard InChI is InChI=1S/C14H10BrF3N2O4/c15-11-6-8(20(22)23)5-10(13(11)21)12(19)7-1-3-9(4-2-7)24-14(16,17)18/h1-6,12,21H,19H2/t12-/m0/s1. The van der Waals surface area contributed by atoms with Crippen molar-refractivity contribution in [2.75, 3.05) is 0 Å². The Bertz CT molecular complexity index is 766. The van der Waals surface area contributed by atoms with Crippen LogP contribution in [0.4, 0.5) is 18.9 Å². The molecule has 24 heavy (non-hydrogen) atoms. The van der Waals surface area contributed by atoms with Crippen molar-refractivity contribution in [1.29, 1.82) is 0 Å². The molecule has 0 fully saturated rings. The molecule has 2 rings (SSSR count). The smallest absolute Gasteiger partial charge is 0.506 e. The Labute approximate surface area is 141 Å². The average molecular weight is 407 g/mol. The highest BCUT2D eigenvalue weighted by Crippen LogP contribution is 2.37. The lowest BCUT2D eigenvalue weighted by atomic mass is 9.98. The zero-order valence-corrected chi connectivity index (χ0v) is 13.3. The first-order valence-electron chi connectivity index (χ1n) is 6.36. The summed E-state index contributed by atoms with van der Waals surface area (Å²) in [5.41, 5.74) is 6.07. The van der Waals surface area contributed by atoms with Gasteiger partial charge < -0.3 is 15.6 Å². The second-order valence-corrected chi connectivity index (χ2v) is 5.57. The number of non-ortho nitro benzene ring substituents is 1. The molecule has 0 aromatic heterocycles. The highest BCUT2D eigenvalue weighted by molar-refractivity contribution is 9.10. The molecule has 2 aromatic rings. The van der Waals surface area contributed by atoms with Gasteiger partial charge in [-0.25, -0.2) is 0 Å². The lowest BCUT2D eigenvalue weighted by molar-refractivity contribution is -0.385. The quantitative estimate of drug-likeness (QED) is 0.590. The van der Waals surface area contributed by atoms with E-state index in [1.807, 2.05) is 0 Å². The summed E-state index contributed by atoms with van der Waals surface area (Å²) in [6, 6.07) is 5.91. The molecule has 0 unspecified atom stereocenters. The predicted octanol–water partition coefficient (Wildman–Crippen LogP) is 4.01. The predicted molar refractivity (Wildman–Crippen MR) is 81.6 cm³/mol. The van der Waals surface area contributed by atoms with Crippen LogP contribution < -0.4 is 10.5 Å². The van der Waals surface area contributed by atoms with Gasteiger partial charge in [-0.15, -0.1) is 13.2 Å². The van der Waals surface area contributed by atoms with E-state index in [-0.39, 0.29) is 21.5 Å². The molecular formula is C14H10BrF3N2O4. The van der Waals surface area contributed by atoms with E-state index in [9.17, 15) is 28.4 Å². The second kappa shape index (κ2) is 6.65. The van der Waals surface area contributed by atoms with E-state index >= 15 is 0 Å². The molecule has 0 aliphatic carbocycles. The molecule has 3 N–H and O–H groups in total. The molecule has 0 heterocycles. The maximum atomic E-state index is 12.1. The summed E-state index contributed by atoms with van der Waals surface area (Å²) in [6.07, 6.45) is -4.81. The number of nitrogens with two attached hydrogens (primary N) is 1. The fraction of sp³-hybridized carbons (Fsp3) is 0.143. The van der Waals surface area contributed by atoms with Gasteiger partial charge in [0.25, 0.3) is 5.69 Å². The minimum absolute atomic E-state index is 0.0561. The van der Waals surface area contributed by atoms with Crippen LogP contribution in [0.3, 0.4) is 0 Å². The van der Waals surface area contributed by atoms with Gasteiger partial charge in [-0.1, -0.05) is 12.1 Å². The number of aromatic hydroxyl groups is 1. The molecule has 0 aliphatic rings. The molecular weight excluding hydrogens is 397 g/mol. The summed E-state index contributed by atoms with van der Waals surface area (Å²) < 4.78 is 40.2. The van der Waals surface area contributed by atoms with Crippen molar-refractivity contribution >= 4 is 21.6 Å². The number of nitro groups is 1. The topological polar surface area (TPSA) is 98.6 Å². The van der Waals surface area contributed by atoms with Crippen LogP contribution in [0.1, 0.15) is 17.2 Å². The molecule has 1 atom stereocenters. The first-order chi connectivity index (χ1) is 11.1. The Hall–Kier alpha value is -2.33. The van der Waals surface area contributed by atoms with Gasteiger partial charge in [0, 0.05) is 17.7 Å². The van der Waals surface area contributed by atoms with Crippen LogP contribution in [-0.4, -0.2) is 16.4 Å². The molecule has 0 saturated heterocycles. The molecule has 10 heteroatoms. The number of rotatable bonds is 4. The van der Waals surface area contributed by atoms with Crippen molar-refractivity contribution < 1.29 is 27.9 Å². The zero-order valence-electron chi connectivity index (χ0n) is 11.7. The van der Waals surface area contributed by atoms with Crippen molar-refractivity contribution in [3.63, 3.8) is 0 Å². The zero-order chi connectivity index (χ0) is 18.1. The first kappa shape index (κ1) is 18.0. The monoisotopic (exact) mass is 406 g/mol. The van der Waals surface area contributed by atoms with Crippen molar-refractivity contribution in [1.82, 2.24) is 0 Å². The van der Waals surface area contributed by atoms with Gasteiger partial charge in [0.05, 0.1) is 15.4 Å². The number of hydrogen-bond acceptors (Lipinski definition) is 5.